The van der Waals surface area contributed by atoms with Gasteiger partial charge < -0.3 is 19.7 Å². The number of aliphatic hydroxyl groups is 2. The first kappa shape index (κ1) is 12.6. The second-order valence-electron chi connectivity index (χ2n) is 2.26. The van der Waals surface area contributed by atoms with E-state index in [0.29, 0.717) is 0 Å². The van der Waals surface area contributed by atoms with Crippen molar-refractivity contribution in [3.05, 3.63) is 12.7 Å². The lowest BCUT2D eigenvalue weighted by Crippen LogP contribution is -2.25. The molecule has 0 saturated heterocycles. The van der Waals surface area contributed by atoms with Crippen LogP contribution in [0.1, 0.15) is 0 Å². The number of ether oxygens (including phenoxy) is 2. The Hall–Kier alpha value is -1.40. The van der Waals surface area contributed by atoms with Gasteiger partial charge in [0.15, 0.2) is 6.10 Å². The smallest absolute Gasteiger partial charge is 0.332 e. The minimum absolute atomic E-state index is 0.228. The van der Waals surface area contributed by atoms with Gasteiger partial charge in [0.05, 0.1) is 0 Å². The van der Waals surface area contributed by atoms with Gasteiger partial charge in [-0.05, 0) is 6.08 Å². The van der Waals surface area contributed by atoms with E-state index in [1.165, 1.54) is 6.08 Å². The Bertz CT molecular complexity index is 212. The number of carbonyl (C=O) groups excluding carboxylic acids is 2. The zero-order valence-electron chi connectivity index (χ0n) is 7.51. The molecular weight excluding hydrogens is 192 g/mol. The van der Waals surface area contributed by atoms with Gasteiger partial charge in [-0.25, -0.2) is 9.59 Å². The molecule has 0 amide bonds. The molecule has 0 aliphatic carbocycles. The van der Waals surface area contributed by atoms with E-state index in [1.807, 2.05) is 0 Å². The molecule has 6 heteroatoms. The number of aliphatic hydroxyl groups excluding tert-OH is 2. The minimum atomic E-state index is -0.838. The minimum Gasteiger partial charge on any atom is -0.460 e. The van der Waals surface area contributed by atoms with Crippen molar-refractivity contribution in [3.8, 4) is 0 Å². The fraction of sp³-hybridized carbons (Fsp3) is 0.500. The Morgan fingerprint density at radius 1 is 1.29 bits per heavy atom. The average Bonchev–Trinajstić information content (AvgIpc) is 2.22. The van der Waals surface area contributed by atoms with E-state index in [-0.39, 0.29) is 6.61 Å². The van der Waals surface area contributed by atoms with Gasteiger partial charge in [0.25, 0.3) is 0 Å². The van der Waals surface area contributed by atoms with Crippen molar-refractivity contribution in [2.75, 3.05) is 19.8 Å². The SMILES string of the molecule is C=CC(COC(=O)CO)OC(=O)CO. The second kappa shape index (κ2) is 7.05. The number of esters is 2. The summed E-state index contributed by atoms with van der Waals surface area (Å²) < 4.78 is 9.05. The molecule has 0 spiro atoms. The predicted molar refractivity (Wildman–Crippen MR) is 45.2 cm³/mol. The van der Waals surface area contributed by atoms with Crippen LogP contribution in [0.3, 0.4) is 0 Å². The summed E-state index contributed by atoms with van der Waals surface area (Å²) in [6.45, 7) is 1.62. The highest BCUT2D eigenvalue weighted by Gasteiger charge is 2.12. The van der Waals surface area contributed by atoms with E-state index in [4.69, 9.17) is 10.2 Å². The molecule has 14 heavy (non-hydrogen) atoms. The van der Waals surface area contributed by atoms with Crippen molar-refractivity contribution >= 4 is 11.9 Å². The van der Waals surface area contributed by atoms with Crippen LogP contribution in [0, 0.1) is 0 Å². The van der Waals surface area contributed by atoms with Crippen LogP contribution in [0.2, 0.25) is 0 Å². The van der Waals surface area contributed by atoms with Crippen molar-refractivity contribution in [3.63, 3.8) is 0 Å². The van der Waals surface area contributed by atoms with Gasteiger partial charge in [0.2, 0.25) is 0 Å². The third-order valence-corrected chi connectivity index (χ3v) is 1.21. The van der Waals surface area contributed by atoms with Crippen molar-refractivity contribution in [1.82, 2.24) is 0 Å². The Morgan fingerprint density at radius 2 is 1.86 bits per heavy atom. The summed E-state index contributed by atoms with van der Waals surface area (Å²) in [5, 5.41) is 16.6. The first-order valence-electron chi connectivity index (χ1n) is 3.83. The molecule has 0 aromatic heterocycles. The topological polar surface area (TPSA) is 93.1 Å². The molecule has 0 rings (SSSR count). The highest BCUT2D eigenvalue weighted by atomic mass is 16.6. The molecule has 0 bridgehead atoms. The summed E-state index contributed by atoms with van der Waals surface area (Å²) in [7, 11) is 0. The van der Waals surface area contributed by atoms with Crippen molar-refractivity contribution < 1.29 is 29.3 Å². The summed E-state index contributed by atoms with van der Waals surface area (Å²) in [5.41, 5.74) is 0. The lowest BCUT2D eigenvalue weighted by molar-refractivity contribution is -0.159. The van der Waals surface area contributed by atoms with Crippen LogP contribution < -0.4 is 0 Å². The zero-order chi connectivity index (χ0) is 11.0. The van der Waals surface area contributed by atoms with Crippen LogP contribution >= 0.6 is 0 Å². The van der Waals surface area contributed by atoms with Gasteiger partial charge in [-0.15, -0.1) is 0 Å². The van der Waals surface area contributed by atoms with Crippen LogP contribution in [-0.4, -0.2) is 48.1 Å². The monoisotopic (exact) mass is 204 g/mol. The summed E-state index contributed by atoms with van der Waals surface area (Å²) >= 11 is 0. The number of carbonyl (C=O) groups is 2. The Labute approximate surface area is 80.7 Å². The number of hydrogen-bond acceptors (Lipinski definition) is 6. The summed E-state index contributed by atoms with van der Waals surface area (Å²) in [6.07, 6.45) is 0.434. The molecule has 0 aromatic carbocycles. The molecule has 80 valence electrons. The molecule has 0 aromatic rings. The van der Waals surface area contributed by atoms with Crippen molar-refractivity contribution in [2.45, 2.75) is 6.10 Å². The van der Waals surface area contributed by atoms with E-state index in [0.717, 1.165) is 0 Å². The first-order valence-corrected chi connectivity index (χ1v) is 3.83. The maximum Gasteiger partial charge on any atom is 0.332 e. The zero-order valence-corrected chi connectivity index (χ0v) is 7.51. The third-order valence-electron chi connectivity index (χ3n) is 1.21. The Morgan fingerprint density at radius 3 is 2.29 bits per heavy atom. The van der Waals surface area contributed by atoms with E-state index in [1.54, 1.807) is 0 Å². The highest BCUT2D eigenvalue weighted by Crippen LogP contribution is 1.95. The molecule has 1 atom stereocenters. The number of rotatable bonds is 6. The van der Waals surface area contributed by atoms with Gasteiger partial charge in [-0.3, -0.25) is 0 Å². The molecule has 0 heterocycles. The molecule has 1 unspecified atom stereocenters. The fourth-order valence-corrected chi connectivity index (χ4v) is 0.577. The molecular formula is C8H12O6. The first-order chi connectivity index (χ1) is 6.63. The largest absolute Gasteiger partial charge is 0.460 e. The average molecular weight is 204 g/mol. The molecule has 0 aliphatic heterocycles. The predicted octanol–water partition coefficient (Wildman–Crippen LogP) is -1.39. The highest BCUT2D eigenvalue weighted by molar-refractivity contribution is 5.71. The van der Waals surface area contributed by atoms with Gasteiger partial charge in [-0.2, -0.15) is 0 Å². The normalized spacial score (nSPS) is 11.6. The lowest BCUT2D eigenvalue weighted by Gasteiger charge is -2.12. The summed E-state index contributed by atoms with van der Waals surface area (Å²) in [5.74, 6) is -1.66. The van der Waals surface area contributed by atoms with Gasteiger partial charge >= 0.3 is 11.9 Å². The fourth-order valence-electron chi connectivity index (χ4n) is 0.577. The van der Waals surface area contributed by atoms with Gasteiger partial charge in [0.1, 0.15) is 19.8 Å². The molecule has 0 aliphatic rings. The van der Waals surface area contributed by atoms with E-state index < -0.39 is 31.3 Å². The summed E-state index contributed by atoms with van der Waals surface area (Å²) in [6, 6.07) is 0. The van der Waals surface area contributed by atoms with E-state index >= 15 is 0 Å². The van der Waals surface area contributed by atoms with Crippen molar-refractivity contribution in [1.29, 1.82) is 0 Å². The van der Waals surface area contributed by atoms with Gasteiger partial charge in [-0.1, -0.05) is 6.58 Å². The molecule has 2 N–H and O–H groups in total. The maximum atomic E-state index is 10.6. The second-order valence-corrected chi connectivity index (χ2v) is 2.26. The van der Waals surface area contributed by atoms with Crippen LogP contribution in [0.15, 0.2) is 12.7 Å². The maximum absolute atomic E-state index is 10.6. The molecule has 0 fully saturated rings. The Kier molecular flexibility index (Phi) is 6.34. The lowest BCUT2D eigenvalue weighted by atomic mass is 10.4. The van der Waals surface area contributed by atoms with E-state index in [2.05, 4.69) is 16.1 Å². The van der Waals surface area contributed by atoms with Crippen LogP contribution in [0.25, 0.3) is 0 Å². The standard InChI is InChI=1S/C8H12O6/c1-2-6(14-8(12)4-10)5-13-7(11)3-9/h2,6,9-10H,1,3-5H2. The Balaban J connectivity index is 3.85. The third kappa shape index (κ3) is 5.28. The molecule has 0 radical (unpaired) electrons. The number of hydrogen-bond donors (Lipinski definition) is 2. The van der Waals surface area contributed by atoms with Gasteiger partial charge in [0, 0.05) is 0 Å². The van der Waals surface area contributed by atoms with Crippen LogP contribution in [-0.2, 0) is 19.1 Å². The van der Waals surface area contributed by atoms with Crippen LogP contribution in [0.4, 0.5) is 0 Å². The van der Waals surface area contributed by atoms with Crippen LogP contribution in [0.5, 0.6) is 0 Å². The van der Waals surface area contributed by atoms with Crippen molar-refractivity contribution in [2.24, 2.45) is 0 Å². The quantitative estimate of drug-likeness (QED) is 0.409. The molecule has 6 nitrogen and oxygen atoms in total. The molecule has 0 saturated carbocycles. The van der Waals surface area contributed by atoms with E-state index in [9.17, 15) is 9.59 Å². The summed E-state index contributed by atoms with van der Waals surface area (Å²) in [4.78, 5) is 21.1.